The van der Waals surface area contributed by atoms with Crippen LogP contribution in [0.2, 0.25) is 0 Å². The highest BCUT2D eigenvalue weighted by Crippen LogP contribution is 2.38. The van der Waals surface area contributed by atoms with Crippen molar-refractivity contribution in [2.24, 2.45) is 11.8 Å². The highest BCUT2D eigenvalue weighted by Gasteiger charge is 2.41. The molecule has 2 aliphatic rings. The lowest BCUT2D eigenvalue weighted by Gasteiger charge is -2.49. The summed E-state index contributed by atoms with van der Waals surface area (Å²) < 4.78 is 18.8. The zero-order valence-corrected chi connectivity index (χ0v) is 19.3. The zero-order valence-electron chi connectivity index (χ0n) is 19.3. The maximum Gasteiger partial charge on any atom is 0.225 e. The average Bonchev–Trinajstić information content (AvgIpc) is 2.79. The molecule has 0 saturated carbocycles. The van der Waals surface area contributed by atoms with E-state index >= 15 is 0 Å². The Labute approximate surface area is 190 Å². The SMILES string of the molecule is COc1ccc2c(c1)N1CCN(Cc3ccc(F)cc3)C[C@H]1[C@@H](C(=O)NCCC(C)C)C2. The van der Waals surface area contributed by atoms with Crippen molar-refractivity contribution in [2.75, 3.05) is 38.2 Å². The lowest BCUT2D eigenvalue weighted by Crippen LogP contribution is -2.60. The van der Waals surface area contributed by atoms with Crippen molar-refractivity contribution in [3.05, 3.63) is 59.4 Å². The van der Waals surface area contributed by atoms with E-state index in [9.17, 15) is 9.18 Å². The normalized spacial score (nSPS) is 20.6. The van der Waals surface area contributed by atoms with Crippen LogP contribution in [0.25, 0.3) is 0 Å². The molecular formula is C26H34FN3O2. The van der Waals surface area contributed by atoms with Crippen molar-refractivity contribution in [1.29, 1.82) is 0 Å². The van der Waals surface area contributed by atoms with Gasteiger partial charge in [-0.05, 0) is 48.1 Å². The number of piperazine rings is 1. The Hall–Kier alpha value is -2.60. The monoisotopic (exact) mass is 439 g/mol. The highest BCUT2D eigenvalue weighted by atomic mass is 19.1. The number of hydrogen-bond acceptors (Lipinski definition) is 4. The van der Waals surface area contributed by atoms with Crippen LogP contribution in [-0.4, -0.2) is 50.1 Å². The first-order valence-corrected chi connectivity index (χ1v) is 11.6. The number of benzene rings is 2. The minimum Gasteiger partial charge on any atom is -0.497 e. The lowest BCUT2D eigenvalue weighted by molar-refractivity contribution is -0.126. The summed E-state index contributed by atoms with van der Waals surface area (Å²) in [6.07, 6.45) is 1.72. The summed E-state index contributed by atoms with van der Waals surface area (Å²) in [7, 11) is 1.69. The Bertz CT molecular complexity index is 931. The Morgan fingerprint density at radius 3 is 2.69 bits per heavy atom. The van der Waals surface area contributed by atoms with Gasteiger partial charge in [0.2, 0.25) is 5.91 Å². The Morgan fingerprint density at radius 2 is 1.97 bits per heavy atom. The van der Waals surface area contributed by atoms with Gasteiger partial charge in [-0.3, -0.25) is 9.69 Å². The molecule has 4 rings (SSSR count). The van der Waals surface area contributed by atoms with Crippen molar-refractivity contribution >= 4 is 11.6 Å². The summed E-state index contributed by atoms with van der Waals surface area (Å²) in [6.45, 7) is 8.37. The maximum absolute atomic E-state index is 13.3. The van der Waals surface area contributed by atoms with Crippen LogP contribution >= 0.6 is 0 Å². The van der Waals surface area contributed by atoms with Crippen LogP contribution in [-0.2, 0) is 17.8 Å². The van der Waals surface area contributed by atoms with Crippen LogP contribution < -0.4 is 15.0 Å². The van der Waals surface area contributed by atoms with Crippen molar-refractivity contribution in [3.63, 3.8) is 0 Å². The third kappa shape index (κ3) is 5.07. The second kappa shape index (κ2) is 9.90. The summed E-state index contributed by atoms with van der Waals surface area (Å²) in [5.41, 5.74) is 3.48. The number of anilines is 1. The zero-order chi connectivity index (χ0) is 22.7. The first kappa shape index (κ1) is 22.6. The summed E-state index contributed by atoms with van der Waals surface area (Å²) in [5, 5.41) is 3.19. The molecule has 32 heavy (non-hydrogen) atoms. The molecule has 5 nitrogen and oxygen atoms in total. The van der Waals surface area contributed by atoms with E-state index in [0.717, 1.165) is 50.3 Å². The van der Waals surface area contributed by atoms with Gasteiger partial charge in [0.25, 0.3) is 0 Å². The topological polar surface area (TPSA) is 44.8 Å². The molecular weight excluding hydrogens is 405 g/mol. The van der Waals surface area contributed by atoms with Crippen LogP contribution in [0.1, 0.15) is 31.4 Å². The number of nitrogens with one attached hydrogen (secondary N) is 1. The number of ether oxygens (including phenoxy) is 1. The molecule has 6 heteroatoms. The second-order valence-corrected chi connectivity index (χ2v) is 9.40. The molecule has 2 atom stereocenters. The fraction of sp³-hybridized carbons (Fsp3) is 0.500. The predicted octanol–water partition coefficient (Wildman–Crippen LogP) is 3.86. The molecule has 2 aromatic rings. The molecule has 1 saturated heterocycles. The Balaban J connectivity index is 1.55. The van der Waals surface area contributed by atoms with Gasteiger partial charge in [-0.1, -0.05) is 32.0 Å². The molecule has 0 aromatic heterocycles. The number of amides is 1. The van der Waals surface area contributed by atoms with E-state index in [1.54, 1.807) is 7.11 Å². The number of carbonyl (C=O) groups is 1. The van der Waals surface area contributed by atoms with E-state index < -0.39 is 0 Å². The van der Waals surface area contributed by atoms with Crippen LogP contribution in [0, 0.1) is 17.7 Å². The molecule has 172 valence electrons. The molecule has 2 heterocycles. The molecule has 2 aromatic carbocycles. The van der Waals surface area contributed by atoms with Crippen LogP contribution in [0.5, 0.6) is 5.75 Å². The van der Waals surface area contributed by atoms with Gasteiger partial charge < -0.3 is 15.0 Å². The second-order valence-electron chi connectivity index (χ2n) is 9.40. The van der Waals surface area contributed by atoms with Crippen LogP contribution in [0.15, 0.2) is 42.5 Å². The molecule has 0 unspecified atom stereocenters. The van der Waals surface area contributed by atoms with Crippen LogP contribution in [0.4, 0.5) is 10.1 Å². The summed E-state index contributed by atoms with van der Waals surface area (Å²) >= 11 is 0. The van der Waals surface area contributed by atoms with E-state index in [-0.39, 0.29) is 23.7 Å². The van der Waals surface area contributed by atoms with E-state index in [2.05, 4.69) is 41.1 Å². The fourth-order valence-corrected chi connectivity index (χ4v) is 4.87. The lowest BCUT2D eigenvalue weighted by atomic mass is 9.83. The molecule has 2 aliphatic heterocycles. The standard InChI is InChI=1S/C26H34FN3O2/c1-18(2)10-11-28-26(31)23-14-20-6-9-22(32-3)15-24(20)30-13-12-29(17-25(23)30)16-19-4-7-21(27)8-5-19/h4-9,15,18,23,25H,10-14,16-17H2,1-3H3,(H,28,31)/t23-,25-/m0/s1. The number of fused-ring (bicyclic) bond motifs is 3. The smallest absolute Gasteiger partial charge is 0.225 e. The summed E-state index contributed by atoms with van der Waals surface area (Å²) in [4.78, 5) is 18.0. The van der Waals surface area contributed by atoms with Gasteiger partial charge in [0.1, 0.15) is 11.6 Å². The molecule has 0 radical (unpaired) electrons. The predicted molar refractivity (Wildman–Crippen MR) is 125 cm³/mol. The van der Waals surface area contributed by atoms with Crippen molar-refractivity contribution in [1.82, 2.24) is 10.2 Å². The third-order valence-electron chi connectivity index (χ3n) is 6.69. The minimum atomic E-state index is -0.213. The number of halogens is 1. The quantitative estimate of drug-likeness (QED) is 0.712. The molecule has 1 fully saturated rings. The van der Waals surface area contributed by atoms with Crippen molar-refractivity contribution in [3.8, 4) is 5.75 Å². The molecule has 1 N–H and O–H groups in total. The Kier molecular flexibility index (Phi) is 6.99. The van der Waals surface area contributed by atoms with Gasteiger partial charge in [-0.2, -0.15) is 0 Å². The van der Waals surface area contributed by atoms with Crippen molar-refractivity contribution in [2.45, 2.75) is 39.3 Å². The highest BCUT2D eigenvalue weighted by molar-refractivity contribution is 5.82. The van der Waals surface area contributed by atoms with E-state index in [4.69, 9.17) is 4.74 Å². The van der Waals surface area contributed by atoms with E-state index in [0.29, 0.717) is 12.5 Å². The molecule has 0 bridgehead atoms. The number of hydrogen-bond donors (Lipinski definition) is 1. The molecule has 1 amide bonds. The van der Waals surface area contributed by atoms with Gasteiger partial charge in [-0.15, -0.1) is 0 Å². The Morgan fingerprint density at radius 1 is 1.19 bits per heavy atom. The first-order chi connectivity index (χ1) is 15.4. The number of nitrogens with zero attached hydrogens (tertiary/aromatic N) is 2. The van der Waals surface area contributed by atoms with Crippen LogP contribution in [0.3, 0.4) is 0 Å². The number of rotatable bonds is 7. The van der Waals surface area contributed by atoms with E-state index in [1.165, 1.54) is 23.4 Å². The summed E-state index contributed by atoms with van der Waals surface area (Å²) in [6, 6.07) is 13.0. The molecule has 0 spiro atoms. The number of carbonyl (C=O) groups excluding carboxylic acids is 1. The van der Waals surface area contributed by atoms with Gasteiger partial charge >= 0.3 is 0 Å². The fourth-order valence-electron chi connectivity index (χ4n) is 4.87. The van der Waals surface area contributed by atoms with Gasteiger partial charge in [0.05, 0.1) is 19.1 Å². The molecule has 0 aliphatic carbocycles. The van der Waals surface area contributed by atoms with Crippen molar-refractivity contribution < 1.29 is 13.9 Å². The van der Waals surface area contributed by atoms with Gasteiger partial charge in [0, 0.05) is 44.5 Å². The average molecular weight is 440 g/mol. The number of methoxy groups -OCH3 is 1. The van der Waals surface area contributed by atoms with Gasteiger partial charge in [-0.25, -0.2) is 4.39 Å². The van der Waals surface area contributed by atoms with Gasteiger partial charge in [0.15, 0.2) is 0 Å². The maximum atomic E-state index is 13.3. The largest absolute Gasteiger partial charge is 0.497 e. The van der Waals surface area contributed by atoms with E-state index in [1.807, 2.05) is 18.2 Å². The minimum absolute atomic E-state index is 0.0981. The summed E-state index contributed by atoms with van der Waals surface area (Å²) in [5.74, 6) is 1.24. The first-order valence-electron chi connectivity index (χ1n) is 11.6. The third-order valence-corrected chi connectivity index (χ3v) is 6.69.